The summed E-state index contributed by atoms with van der Waals surface area (Å²) >= 11 is 0. The Bertz CT molecular complexity index is 385. The van der Waals surface area contributed by atoms with Crippen molar-refractivity contribution >= 4 is 5.91 Å². The largest absolute Gasteiger partial charge is 0.333 e. The van der Waals surface area contributed by atoms with E-state index in [0.717, 1.165) is 18.9 Å². The van der Waals surface area contributed by atoms with Crippen LogP contribution in [0.1, 0.15) is 19.7 Å². The van der Waals surface area contributed by atoms with Crippen LogP contribution < -0.4 is 5.73 Å². The molecule has 0 saturated carbocycles. The van der Waals surface area contributed by atoms with Gasteiger partial charge in [-0.3, -0.25) is 4.79 Å². The van der Waals surface area contributed by atoms with Gasteiger partial charge in [0.25, 0.3) is 0 Å². The number of aromatic nitrogens is 2. The fraction of sp³-hybridized carbons (Fsp3) is 0.636. The molecule has 2 rings (SSSR count). The average Bonchev–Trinajstić information content (AvgIpc) is 2.73. The van der Waals surface area contributed by atoms with Gasteiger partial charge >= 0.3 is 0 Å². The first-order chi connectivity index (χ1) is 7.59. The Hall–Kier alpha value is -1.36. The third-order valence-electron chi connectivity index (χ3n) is 3.23. The Morgan fingerprint density at radius 1 is 1.50 bits per heavy atom. The number of rotatable bonds is 2. The van der Waals surface area contributed by atoms with Crippen LogP contribution in [0.15, 0.2) is 12.4 Å². The van der Waals surface area contributed by atoms with E-state index in [9.17, 15) is 4.79 Å². The molecule has 16 heavy (non-hydrogen) atoms. The van der Waals surface area contributed by atoms with Crippen molar-refractivity contribution in [2.75, 3.05) is 6.54 Å². The zero-order chi connectivity index (χ0) is 11.7. The van der Waals surface area contributed by atoms with E-state index >= 15 is 0 Å². The van der Waals surface area contributed by atoms with E-state index in [2.05, 4.69) is 9.55 Å². The third-order valence-corrected chi connectivity index (χ3v) is 3.23. The van der Waals surface area contributed by atoms with Gasteiger partial charge in [-0.2, -0.15) is 0 Å². The molecule has 2 atom stereocenters. The quantitative estimate of drug-likeness (QED) is 0.778. The van der Waals surface area contributed by atoms with Gasteiger partial charge in [-0.15, -0.1) is 0 Å². The Balaban J connectivity index is 2.06. The van der Waals surface area contributed by atoms with Crippen molar-refractivity contribution in [1.29, 1.82) is 0 Å². The molecular formula is C11H18N4O. The van der Waals surface area contributed by atoms with Crippen LogP contribution >= 0.6 is 0 Å². The predicted octanol–water partition coefficient (Wildman–Crippen LogP) is 0.209. The van der Waals surface area contributed by atoms with Gasteiger partial charge in [0.2, 0.25) is 5.91 Å². The van der Waals surface area contributed by atoms with Gasteiger partial charge in [0.05, 0.1) is 12.5 Å². The van der Waals surface area contributed by atoms with Crippen LogP contribution in [0, 0.1) is 5.92 Å². The number of nitrogens with two attached hydrogens (primary N) is 1. The third kappa shape index (κ3) is 1.95. The van der Waals surface area contributed by atoms with Crippen molar-refractivity contribution in [2.24, 2.45) is 11.7 Å². The number of carbonyl (C=O) groups excluding carboxylic acids is 1. The maximum absolute atomic E-state index is 12.1. The van der Waals surface area contributed by atoms with Gasteiger partial charge in [0.15, 0.2) is 0 Å². The summed E-state index contributed by atoms with van der Waals surface area (Å²) in [4.78, 5) is 18.2. The highest BCUT2D eigenvalue weighted by Gasteiger charge is 2.26. The van der Waals surface area contributed by atoms with Crippen LogP contribution in [-0.4, -0.2) is 32.9 Å². The van der Waals surface area contributed by atoms with Gasteiger partial charge in [-0.05, 0) is 6.92 Å². The number of carbonyl (C=O) groups is 1. The summed E-state index contributed by atoms with van der Waals surface area (Å²) in [5.41, 5.74) is 5.75. The van der Waals surface area contributed by atoms with Gasteiger partial charge in [0.1, 0.15) is 5.82 Å². The van der Waals surface area contributed by atoms with Gasteiger partial charge in [0, 0.05) is 31.5 Å². The van der Waals surface area contributed by atoms with Crippen LogP contribution in [0.3, 0.4) is 0 Å². The van der Waals surface area contributed by atoms with Gasteiger partial charge < -0.3 is 15.2 Å². The fourth-order valence-electron chi connectivity index (χ4n) is 1.87. The van der Waals surface area contributed by atoms with Crippen LogP contribution in [0.5, 0.6) is 0 Å². The molecular weight excluding hydrogens is 204 g/mol. The molecule has 0 aliphatic carbocycles. The monoisotopic (exact) mass is 222 g/mol. The molecule has 2 N–H and O–H groups in total. The molecule has 1 aromatic heterocycles. The Labute approximate surface area is 95.2 Å². The SMILES string of the molecule is CC(N)C(C)C(=O)N1CCn2ccnc2C1. The molecule has 1 aromatic rings. The average molecular weight is 222 g/mol. The zero-order valence-corrected chi connectivity index (χ0v) is 9.76. The summed E-state index contributed by atoms with van der Waals surface area (Å²) in [7, 11) is 0. The van der Waals surface area contributed by atoms with E-state index in [-0.39, 0.29) is 17.9 Å². The normalized spacial score (nSPS) is 19.1. The number of imidazole rings is 1. The van der Waals surface area contributed by atoms with E-state index in [1.807, 2.05) is 24.9 Å². The van der Waals surface area contributed by atoms with Gasteiger partial charge in [-0.25, -0.2) is 4.98 Å². The van der Waals surface area contributed by atoms with Crippen molar-refractivity contribution in [3.63, 3.8) is 0 Å². The second-order valence-corrected chi connectivity index (χ2v) is 4.44. The first-order valence-electron chi connectivity index (χ1n) is 5.64. The lowest BCUT2D eigenvalue weighted by Crippen LogP contribution is -2.45. The minimum absolute atomic E-state index is 0.103. The summed E-state index contributed by atoms with van der Waals surface area (Å²) in [5, 5.41) is 0. The number of fused-ring (bicyclic) bond motifs is 1. The highest BCUT2D eigenvalue weighted by molar-refractivity contribution is 5.79. The van der Waals surface area contributed by atoms with Crippen LogP contribution in [0.4, 0.5) is 0 Å². The Morgan fingerprint density at radius 2 is 2.25 bits per heavy atom. The number of hydrogen-bond acceptors (Lipinski definition) is 3. The van der Waals surface area contributed by atoms with E-state index in [1.54, 1.807) is 6.20 Å². The van der Waals surface area contributed by atoms with Crippen molar-refractivity contribution in [1.82, 2.24) is 14.5 Å². The van der Waals surface area contributed by atoms with E-state index in [4.69, 9.17) is 5.73 Å². The van der Waals surface area contributed by atoms with Crippen LogP contribution in [0.2, 0.25) is 0 Å². The molecule has 0 bridgehead atoms. The minimum Gasteiger partial charge on any atom is -0.333 e. The molecule has 0 fully saturated rings. The van der Waals surface area contributed by atoms with E-state index in [1.165, 1.54) is 0 Å². The highest BCUT2D eigenvalue weighted by atomic mass is 16.2. The lowest BCUT2D eigenvalue weighted by Gasteiger charge is -2.30. The molecule has 88 valence electrons. The summed E-state index contributed by atoms with van der Waals surface area (Å²) in [6, 6.07) is -0.103. The number of amides is 1. The van der Waals surface area contributed by atoms with Gasteiger partial charge in [-0.1, -0.05) is 6.92 Å². The summed E-state index contributed by atoms with van der Waals surface area (Å²) in [5.74, 6) is 0.960. The second kappa shape index (κ2) is 4.25. The van der Waals surface area contributed by atoms with E-state index < -0.39 is 0 Å². The molecule has 1 aliphatic heterocycles. The summed E-state index contributed by atoms with van der Waals surface area (Å²) < 4.78 is 2.08. The molecule has 0 radical (unpaired) electrons. The topological polar surface area (TPSA) is 64.2 Å². The molecule has 5 nitrogen and oxygen atoms in total. The summed E-state index contributed by atoms with van der Waals surface area (Å²) in [6.07, 6.45) is 3.73. The molecule has 1 amide bonds. The molecule has 0 aromatic carbocycles. The van der Waals surface area contributed by atoms with Crippen molar-refractivity contribution in [3.05, 3.63) is 18.2 Å². The second-order valence-electron chi connectivity index (χ2n) is 4.44. The van der Waals surface area contributed by atoms with Crippen molar-refractivity contribution in [3.8, 4) is 0 Å². The molecule has 2 unspecified atom stereocenters. The Kier molecular flexibility index (Phi) is 2.96. The smallest absolute Gasteiger partial charge is 0.227 e. The first kappa shape index (κ1) is 11.1. The van der Waals surface area contributed by atoms with Crippen LogP contribution in [0.25, 0.3) is 0 Å². The molecule has 2 heterocycles. The van der Waals surface area contributed by atoms with E-state index in [0.29, 0.717) is 6.54 Å². The van der Waals surface area contributed by atoms with Crippen molar-refractivity contribution in [2.45, 2.75) is 33.0 Å². The molecule has 0 spiro atoms. The number of hydrogen-bond donors (Lipinski definition) is 1. The molecule has 5 heteroatoms. The lowest BCUT2D eigenvalue weighted by atomic mass is 10.0. The number of nitrogens with zero attached hydrogens (tertiary/aromatic N) is 3. The Morgan fingerprint density at radius 3 is 2.94 bits per heavy atom. The maximum Gasteiger partial charge on any atom is 0.227 e. The molecule has 0 saturated heterocycles. The minimum atomic E-state index is -0.124. The first-order valence-corrected chi connectivity index (χ1v) is 5.64. The standard InChI is InChI=1S/C11H18N4O/c1-8(9(2)12)11(16)15-6-5-14-4-3-13-10(14)7-15/h3-4,8-9H,5-7,12H2,1-2H3. The molecule has 1 aliphatic rings. The van der Waals surface area contributed by atoms with Crippen LogP contribution in [-0.2, 0) is 17.9 Å². The summed E-state index contributed by atoms with van der Waals surface area (Å²) in [6.45, 7) is 5.93. The highest BCUT2D eigenvalue weighted by Crippen LogP contribution is 2.14. The predicted molar refractivity (Wildman–Crippen MR) is 60.5 cm³/mol. The van der Waals surface area contributed by atoms with Crippen molar-refractivity contribution < 1.29 is 4.79 Å². The fourth-order valence-corrected chi connectivity index (χ4v) is 1.87. The zero-order valence-electron chi connectivity index (χ0n) is 9.76. The maximum atomic E-state index is 12.1. The lowest BCUT2D eigenvalue weighted by molar-refractivity contribution is -0.137.